The van der Waals surface area contributed by atoms with Crippen molar-refractivity contribution < 1.29 is 48.1 Å². The smallest absolute Gasteiger partial charge is 0.305 e. The number of methoxy groups -OCH3 is 1. The zero-order valence-electron chi connectivity index (χ0n) is 27.2. The van der Waals surface area contributed by atoms with E-state index in [1.54, 1.807) is 41.1 Å². The second-order valence-electron chi connectivity index (χ2n) is 13.4. The summed E-state index contributed by atoms with van der Waals surface area (Å²) in [4.78, 5) is 80.6. The van der Waals surface area contributed by atoms with Gasteiger partial charge in [0.05, 0.1) is 44.4 Å². The topological polar surface area (TPSA) is 163 Å². The van der Waals surface area contributed by atoms with E-state index in [2.05, 4.69) is 0 Å². The third-order valence-corrected chi connectivity index (χ3v) is 12.5. The van der Waals surface area contributed by atoms with E-state index >= 15 is 0 Å². The summed E-state index contributed by atoms with van der Waals surface area (Å²) < 4.78 is 16.9. The minimum absolute atomic E-state index is 0.0435. The molecule has 0 aromatic heterocycles. The summed E-state index contributed by atoms with van der Waals surface area (Å²) in [5, 5.41) is 9.84. The molecule has 252 valence electrons. The number of carbonyl (C=O) groups excluding carboxylic acids is 5. The summed E-state index contributed by atoms with van der Waals surface area (Å²) in [6.07, 6.45) is 1.16. The van der Waals surface area contributed by atoms with Gasteiger partial charge in [-0.3, -0.25) is 28.9 Å². The van der Waals surface area contributed by atoms with Crippen LogP contribution in [-0.2, 0) is 43.8 Å². The number of amides is 3. The molecular formula is C32H45N3O10Si. The monoisotopic (exact) mass is 659 g/mol. The second kappa shape index (κ2) is 13.0. The Morgan fingerprint density at radius 1 is 1.17 bits per heavy atom. The maximum absolute atomic E-state index is 14.6. The lowest BCUT2D eigenvalue weighted by atomic mass is 9.82. The van der Waals surface area contributed by atoms with Gasteiger partial charge in [0.15, 0.2) is 20.1 Å². The number of likely N-dealkylation sites (tertiary alicyclic amines) is 1. The summed E-state index contributed by atoms with van der Waals surface area (Å²) in [6.45, 7) is 7.39. The van der Waals surface area contributed by atoms with Gasteiger partial charge >= 0.3 is 11.9 Å². The molecule has 4 aliphatic rings. The van der Waals surface area contributed by atoms with Crippen molar-refractivity contribution in [2.75, 3.05) is 36.6 Å². The minimum atomic E-state index is -3.06. The number of benzene rings is 1. The van der Waals surface area contributed by atoms with Crippen LogP contribution in [-0.4, -0.2) is 98.0 Å². The third kappa shape index (κ3) is 5.95. The Kier molecular flexibility index (Phi) is 9.65. The summed E-state index contributed by atoms with van der Waals surface area (Å²) in [7, 11) is -1.73. The maximum atomic E-state index is 14.6. The molecule has 5 rings (SSSR count). The van der Waals surface area contributed by atoms with Gasteiger partial charge in [-0.1, -0.05) is 6.92 Å². The fourth-order valence-corrected chi connectivity index (χ4v) is 10.5. The van der Waals surface area contributed by atoms with E-state index in [0.29, 0.717) is 49.3 Å². The zero-order chi connectivity index (χ0) is 33.6. The number of anilines is 2. The number of aliphatic hydroxyl groups excluding tert-OH is 1. The Hall–Kier alpha value is -3.33. The molecule has 0 radical (unpaired) electrons. The van der Waals surface area contributed by atoms with Gasteiger partial charge in [0, 0.05) is 49.1 Å². The molecular weight excluding hydrogens is 614 g/mol. The molecule has 1 aromatic carbocycles. The number of fused-ring (bicyclic) bond motifs is 2. The molecule has 6 atom stereocenters. The lowest BCUT2D eigenvalue weighted by Gasteiger charge is -2.39. The molecule has 3 saturated heterocycles. The maximum Gasteiger partial charge on any atom is 0.305 e. The van der Waals surface area contributed by atoms with Crippen LogP contribution in [0.3, 0.4) is 0 Å². The van der Waals surface area contributed by atoms with Crippen LogP contribution in [0, 0.1) is 5.92 Å². The first-order valence-electron chi connectivity index (χ1n) is 16.1. The van der Waals surface area contributed by atoms with Gasteiger partial charge in [0.2, 0.25) is 11.8 Å². The van der Waals surface area contributed by atoms with Crippen LogP contribution in [0.1, 0.15) is 64.4 Å². The third-order valence-electron chi connectivity index (χ3n) is 9.98. The number of ether oxygens (including phenoxy) is 3. The van der Waals surface area contributed by atoms with Crippen molar-refractivity contribution in [1.29, 1.82) is 0 Å². The number of hydrogen-bond donors (Lipinski definition) is 2. The first-order chi connectivity index (χ1) is 21.7. The number of unbranched alkanes of at least 4 members (excludes halogenated alkanes) is 1. The van der Waals surface area contributed by atoms with E-state index in [1.807, 2.05) is 6.92 Å². The molecule has 3 fully saturated rings. The molecule has 1 aromatic rings. The number of β-lactam (4-membered cyclic amide) rings is 1. The zero-order valence-corrected chi connectivity index (χ0v) is 28.2. The molecule has 1 spiro atoms. The Bertz CT molecular complexity index is 1400. The van der Waals surface area contributed by atoms with Gasteiger partial charge in [-0.15, -0.1) is 0 Å². The van der Waals surface area contributed by atoms with Crippen molar-refractivity contribution in [3.8, 4) is 0 Å². The van der Waals surface area contributed by atoms with E-state index in [0.717, 1.165) is 6.42 Å². The van der Waals surface area contributed by atoms with Crippen LogP contribution in [0.4, 0.5) is 11.4 Å². The highest BCUT2D eigenvalue weighted by molar-refractivity contribution is 6.71. The van der Waals surface area contributed by atoms with Crippen LogP contribution in [0.15, 0.2) is 18.2 Å². The minimum Gasteiger partial charge on any atom is -0.469 e. The van der Waals surface area contributed by atoms with Crippen molar-refractivity contribution in [1.82, 2.24) is 4.90 Å². The number of carbonyl (C=O) groups is 5. The molecule has 1 unspecified atom stereocenters. The standard InChI is InChI=1S/C32H45N3O10Si/c1-19-30(46(4,5)42)25(16-26(38)33-14-8-9-22(33)18-36)45-32(19)23-15-21(35-27(39)17-28(35)44-20(2)37)11-12-24(23)34(31(32)41)13-7-6-10-29(40)43-3/h11-12,15,19,22,25,28,30,36,42H,6-10,13-14,16-18H2,1-5H3/t19-,22+,25+,28?,30-,32+/m1/s1. The lowest BCUT2D eigenvalue weighted by molar-refractivity contribution is -0.154. The van der Waals surface area contributed by atoms with Crippen LogP contribution in [0.5, 0.6) is 0 Å². The number of hydrogen-bond acceptors (Lipinski definition) is 10. The fourth-order valence-electron chi connectivity index (χ4n) is 7.91. The molecule has 4 aliphatic heterocycles. The summed E-state index contributed by atoms with van der Waals surface area (Å²) >= 11 is 0. The SMILES string of the molecule is COC(=O)CCCCN1C(=O)[C@@]2(O[C@@H](CC(=O)N3CCC[C@H]3CO)[C@H]([Si](C)(C)O)[C@H]2C)c2cc(N3C(=O)CC3OC(C)=O)ccc21. The number of nitrogens with zero attached hydrogens (tertiary/aromatic N) is 3. The second-order valence-corrected chi connectivity index (χ2v) is 17.3. The number of esters is 2. The highest BCUT2D eigenvalue weighted by atomic mass is 28.4. The molecule has 0 aliphatic carbocycles. The highest BCUT2D eigenvalue weighted by Gasteiger charge is 2.66. The van der Waals surface area contributed by atoms with Gasteiger partial charge < -0.3 is 33.9 Å². The average molecular weight is 660 g/mol. The highest BCUT2D eigenvalue weighted by Crippen LogP contribution is 2.60. The van der Waals surface area contributed by atoms with Crippen LogP contribution < -0.4 is 9.80 Å². The molecule has 0 saturated carbocycles. The van der Waals surface area contributed by atoms with Crippen molar-refractivity contribution in [2.24, 2.45) is 5.92 Å². The number of aliphatic hydroxyl groups is 1. The normalized spacial score (nSPS) is 28.9. The van der Waals surface area contributed by atoms with Crippen LogP contribution in [0.25, 0.3) is 0 Å². The Morgan fingerprint density at radius 3 is 2.54 bits per heavy atom. The van der Waals surface area contributed by atoms with Crippen LogP contribution in [0.2, 0.25) is 18.6 Å². The molecule has 3 amide bonds. The van der Waals surface area contributed by atoms with E-state index < -0.39 is 43.7 Å². The van der Waals surface area contributed by atoms with E-state index in [4.69, 9.17) is 14.2 Å². The van der Waals surface area contributed by atoms with Gasteiger partial charge in [-0.05, 0) is 57.0 Å². The predicted octanol–water partition coefficient (Wildman–Crippen LogP) is 2.17. The van der Waals surface area contributed by atoms with Gasteiger partial charge in [0.25, 0.3) is 5.91 Å². The molecule has 0 bridgehead atoms. The lowest BCUT2D eigenvalue weighted by Crippen LogP contribution is -2.55. The molecule has 46 heavy (non-hydrogen) atoms. The summed E-state index contributed by atoms with van der Waals surface area (Å²) in [6, 6.07) is 4.90. The predicted molar refractivity (Wildman–Crippen MR) is 168 cm³/mol. The average Bonchev–Trinajstić information content (AvgIpc) is 3.64. The van der Waals surface area contributed by atoms with Crippen molar-refractivity contribution in [2.45, 2.75) is 101 Å². The van der Waals surface area contributed by atoms with Crippen molar-refractivity contribution >= 4 is 49.4 Å². The van der Waals surface area contributed by atoms with Crippen LogP contribution >= 0.6 is 0 Å². The van der Waals surface area contributed by atoms with Gasteiger partial charge in [-0.25, -0.2) is 0 Å². The first-order valence-corrected chi connectivity index (χ1v) is 19.1. The molecule has 4 heterocycles. The van der Waals surface area contributed by atoms with Crippen molar-refractivity contribution in [3.05, 3.63) is 23.8 Å². The fraction of sp³-hybridized carbons (Fsp3) is 0.656. The van der Waals surface area contributed by atoms with Crippen molar-refractivity contribution in [3.63, 3.8) is 0 Å². The van der Waals surface area contributed by atoms with E-state index in [9.17, 15) is 33.9 Å². The molecule has 13 nitrogen and oxygen atoms in total. The van der Waals surface area contributed by atoms with E-state index in [1.165, 1.54) is 18.9 Å². The van der Waals surface area contributed by atoms with E-state index in [-0.39, 0.29) is 55.6 Å². The van der Waals surface area contributed by atoms with Gasteiger partial charge in [0.1, 0.15) is 0 Å². The Labute approximate surface area is 269 Å². The summed E-state index contributed by atoms with van der Waals surface area (Å²) in [5.41, 5.74) is -0.507. The summed E-state index contributed by atoms with van der Waals surface area (Å²) in [5.74, 6) is -2.16. The van der Waals surface area contributed by atoms with Gasteiger partial charge in [-0.2, -0.15) is 0 Å². The Balaban J connectivity index is 1.53. The largest absolute Gasteiger partial charge is 0.469 e. The quantitative estimate of drug-likeness (QED) is 0.156. The molecule has 14 heteroatoms. The first kappa shape index (κ1) is 34.0. The molecule has 2 N–H and O–H groups in total. The Morgan fingerprint density at radius 2 is 1.91 bits per heavy atom. The number of rotatable bonds is 11.